The molecule has 1 aromatic heterocycles. The van der Waals surface area contributed by atoms with Crippen molar-refractivity contribution in [3.63, 3.8) is 0 Å². The highest BCUT2D eigenvalue weighted by molar-refractivity contribution is 5.91. The van der Waals surface area contributed by atoms with E-state index in [2.05, 4.69) is 11.4 Å². The average molecular weight is 341 g/mol. The zero-order valence-corrected chi connectivity index (χ0v) is 15.1. The number of aryl methyl sites for hydroxylation is 2. The first-order valence-corrected chi connectivity index (χ1v) is 9.21. The Kier molecular flexibility index (Phi) is 5.79. The average Bonchev–Trinajstić information content (AvgIpc) is 2.90. The largest absolute Gasteiger partial charge is 0.486 e. The van der Waals surface area contributed by atoms with E-state index in [-0.39, 0.29) is 11.9 Å². The molecule has 4 heteroatoms. The molecule has 1 aliphatic carbocycles. The first-order valence-electron chi connectivity index (χ1n) is 9.21. The normalized spacial score (nSPS) is 15.6. The highest BCUT2D eigenvalue weighted by Crippen LogP contribution is 2.20. The summed E-state index contributed by atoms with van der Waals surface area (Å²) in [5, 5.41) is 3.10. The minimum atomic E-state index is -0.121. The number of carbonyl (C=O) groups is 1. The minimum absolute atomic E-state index is 0.121. The second-order valence-corrected chi connectivity index (χ2v) is 7.04. The van der Waals surface area contributed by atoms with Crippen LogP contribution in [-0.2, 0) is 6.61 Å². The van der Waals surface area contributed by atoms with Crippen LogP contribution in [0.5, 0.6) is 5.75 Å². The highest BCUT2D eigenvalue weighted by Gasteiger charge is 2.18. The number of amides is 1. The molecule has 3 rings (SSSR count). The lowest BCUT2D eigenvalue weighted by Crippen LogP contribution is -2.34. The van der Waals surface area contributed by atoms with Crippen LogP contribution in [0.2, 0.25) is 0 Å². The Bertz CT molecular complexity index is 691. The Morgan fingerprint density at radius 1 is 1.08 bits per heavy atom. The van der Waals surface area contributed by atoms with Gasteiger partial charge in [-0.25, -0.2) is 0 Å². The van der Waals surface area contributed by atoms with E-state index in [9.17, 15) is 4.79 Å². The zero-order valence-electron chi connectivity index (χ0n) is 15.1. The third-order valence-corrected chi connectivity index (χ3v) is 4.65. The van der Waals surface area contributed by atoms with Crippen LogP contribution in [0.4, 0.5) is 0 Å². The van der Waals surface area contributed by atoms with Crippen LogP contribution in [0, 0.1) is 13.8 Å². The number of carbonyl (C=O) groups excluding carboxylic acids is 1. The topological polar surface area (TPSA) is 51.5 Å². The van der Waals surface area contributed by atoms with Crippen molar-refractivity contribution >= 4 is 5.91 Å². The molecule has 0 spiro atoms. The fraction of sp³-hybridized carbons (Fsp3) is 0.476. The van der Waals surface area contributed by atoms with Gasteiger partial charge in [0.25, 0.3) is 5.91 Å². The molecule has 0 aliphatic heterocycles. The molecule has 0 radical (unpaired) electrons. The second-order valence-electron chi connectivity index (χ2n) is 7.04. The van der Waals surface area contributed by atoms with E-state index < -0.39 is 0 Å². The van der Waals surface area contributed by atoms with E-state index in [1.165, 1.54) is 25.7 Å². The monoisotopic (exact) mass is 341 g/mol. The van der Waals surface area contributed by atoms with Crippen molar-refractivity contribution in [3.05, 3.63) is 53.0 Å². The van der Waals surface area contributed by atoms with Crippen molar-refractivity contribution in [2.75, 3.05) is 0 Å². The number of hydrogen-bond acceptors (Lipinski definition) is 3. The Hall–Kier alpha value is -2.23. The lowest BCUT2D eigenvalue weighted by molar-refractivity contribution is 0.0901. The lowest BCUT2D eigenvalue weighted by atomic mass is 10.1. The van der Waals surface area contributed by atoms with E-state index in [1.807, 2.05) is 32.0 Å². The first kappa shape index (κ1) is 17.6. The van der Waals surface area contributed by atoms with Gasteiger partial charge in [-0.15, -0.1) is 0 Å². The first-order chi connectivity index (χ1) is 12.1. The van der Waals surface area contributed by atoms with Gasteiger partial charge in [-0.2, -0.15) is 0 Å². The van der Waals surface area contributed by atoms with E-state index in [0.29, 0.717) is 18.1 Å². The molecule has 2 aromatic rings. The number of rotatable bonds is 5. The lowest BCUT2D eigenvalue weighted by Gasteiger charge is -2.15. The molecule has 0 saturated heterocycles. The van der Waals surface area contributed by atoms with E-state index in [0.717, 1.165) is 29.7 Å². The smallest absolute Gasteiger partial charge is 0.287 e. The van der Waals surface area contributed by atoms with Crippen LogP contribution in [0.1, 0.15) is 66.0 Å². The number of hydrogen-bond donors (Lipinski definition) is 1. The van der Waals surface area contributed by atoms with Gasteiger partial charge >= 0.3 is 0 Å². The van der Waals surface area contributed by atoms with Gasteiger partial charge in [-0.05, 0) is 62.1 Å². The molecule has 0 bridgehead atoms. The molecule has 1 fully saturated rings. The Balaban J connectivity index is 1.55. The summed E-state index contributed by atoms with van der Waals surface area (Å²) in [6.07, 6.45) is 7.06. The molecule has 0 unspecified atom stereocenters. The summed E-state index contributed by atoms with van der Waals surface area (Å²) < 4.78 is 11.5. The molecule has 1 N–H and O–H groups in total. The molecule has 134 valence electrons. The third kappa shape index (κ3) is 5.12. The van der Waals surface area contributed by atoms with Gasteiger partial charge in [0.1, 0.15) is 18.1 Å². The maximum absolute atomic E-state index is 12.4. The van der Waals surface area contributed by atoms with Crippen molar-refractivity contribution in [1.29, 1.82) is 0 Å². The highest BCUT2D eigenvalue weighted by atomic mass is 16.5. The SMILES string of the molecule is Cc1cc(C)cc(OCc2ccc(C(=O)NC3CCCCCC3)o2)c1. The maximum Gasteiger partial charge on any atom is 0.287 e. The molecule has 25 heavy (non-hydrogen) atoms. The number of nitrogens with one attached hydrogen (secondary N) is 1. The predicted octanol–water partition coefficient (Wildman–Crippen LogP) is 4.93. The van der Waals surface area contributed by atoms with Gasteiger partial charge in [-0.3, -0.25) is 4.79 Å². The van der Waals surface area contributed by atoms with Crippen LogP contribution in [-0.4, -0.2) is 11.9 Å². The number of furan rings is 1. The third-order valence-electron chi connectivity index (χ3n) is 4.65. The van der Waals surface area contributed by atoms with Gasteiger partial charge in [0.2, 0.25) is 0 Å². The van der Waals surface area contributed by atoms with Crippen LogP contribution in [0.3, 0.4) is 0 Å². The summed E-state index contributed by atoms with van der Waals surface area (Å²) in [7, 11) is 0. The summed E-state index contributed by atoms with van der Waals surface area (Å²) >= 11 is 0. The number of benzene rings is 1. The Morgan fingerprint density at radius 3 is 2.44 bits per heavy atom. The quantitative estimate of drug-likeness (QED) is 0.785. The van der Waals surface area contributed by atoms with Gasteiger partial charge in [0.05, 0.1) is 0 Å². The van der Waals surface area contributed by atoms with Crippen LogP contribution in [0.25, 0.3) is 0 Å². The number of ether oxygens (including phenoxy) is 1. The molecule has 4 nitrogen and oxygen atoms in total. The van der Waals surface area contributed by atoms with Gasteiger partial charge in [0.15, 0.2) is 5.76 Å². The van der Waals surface area contributed by atoms with Crippen LogP contribution >= 0.6 is 0 Å². The molecule has 0 atom stereocenters. The molecule has 1 amide bonds. The standard InChI is InChI=1S/C21H27NO3/c1-15-11-16(2)13-19(12-15)24-14-18-9-10-20(25-18)21(23)22-17-7-5-3-4-6-8-17/h9-13,17H,3-8,14H2,1-2H3,(H,22,23). The van der Waals surface area contributed by atoms with E-state index in [1.54, 1.807) is 6.07 Å². The Morgan fingerprint density at radius 2 is 1.76 bits per heavy atom. The summed E-state index contributed by atoms with van der Waals surface area (Å²) in [4.78, 5) is 12.4. The Labute approximate surface area is 149 Å². The fourth-order valence-corrected chi connectivity index (χ4v) is 3.43. The van der Waals surface area contributed by atoms with Gasteiger partial charge in [0, 0.05) is 6.04 Å². The molecule has 1 heterocycles. The van der Waals surface area contributed by atoms with Crippen molar-refractivity contribution in [2.24, 2.45) is 0 Å². The van der Waals surface area contributed by atoms with Crippen molar-refractivity contribution in [1.82, 2.24) is 5.32 Å². The van der Waals surface area contributed by atoms with E-state index >= 15 is 0 Å². The van der Waals surface area contributed by atoms with Crippen molar-refractivity contribution in [3.8, 4) is 5.75 Å². The zero-order chi connectivity index (χ0) is 17.6. The van der Waals surface area contributed by atoms with Gasteiger partial charge in [-0.1, -0.05) is 31.7 Å². The van der Waals surface area contributed by atoms with Crippen LogP contribution < -0.4 is 10.1 Å². The van der Waals surface area contributed by atoms with Crippen molar-refractivity contribution in [2.45, 2.75) is 65.0 Å². The second kappa shape index (κ2) is 8.24. The molecular formula is C21H27NO3. The molecule has 1 saturated carbocycles. The van der Waals surface area contributed by atoms with Crippen molar-refractivity contribution < 1.29 is 13.9 Å². The summed E-state index contributed by atoms with van der Waals surface area (Å²) in [6, 6.07) is 9.91. The maximum atomic E-state index is 12.4. The predicted molar refractivity (Wildman–Crippen MR) is 97.9 cm³/mol. The van der Waals surface area contributed by atoms with Crippen LogP contribution in [0.15, 0.2) is 34.7 Å². The van der Waals surface area contributed by atoms with E-state index in [4.69, 9.17) is 9.15 Å². The fourth-order valence-electron chi connectivity index (χ4n) is 3.43. The minimum Gasteiger partial charge on any atom is -0.486 e. The molecule has 1 aromatic carbocycles. The molecular weight excluding hydrogens is 314 g/mol. The molecule has 1 aliphatic rings. The van der Waals surface area contributed by atoms with Gasteiger partial charge < -0.3 is 14.5 Å². The summed E-state index contributed by atoms with van der Waals surface area (Å²) in [6.45, 7) is 4.41. The summed E-state index contributed by atoms with van der Waals surface area (Å²) in [5.41, 5.74) is 2.33. The summed E-state index contributed by atoms with van der Waals surface area (Å²) in [5.74, 6) is 1.72.